The molecule has 176 valence electrons. The number of hydrogen-bond donors (Lipinski definition) is 1. The molecule has 4 aromatic rings. The van der Waals surface area contributed by atoms with Crippen LogP contribution in [0.2, 0.25) is 5.02 Å². The largest absolute Gasteiger partial charge is 0.465 e. The number of methoxy groups -OCH3 is 1. The second kappa shape index (κ2) is 10.00. The van der Waals surface area contributed by atoms with E-state index in [0.29, 0.717) is 22.0 Å². The molecule has 0 aliphatic rings. The van der Waals surface area contributed by atoms with Gasteiger partial charge < -0.3 is 14.6 Å². The highest BCUT2D eigenvalue weighted by atomic mass is 35.5. The van der Waals surface area contributed by atoms with Crippen LogP contribution >= 0.6 is 11.6 Å². The monoisotopic (exact) mass is 489 g/mol. The van der Waals surface area contributed by atoms with Crippen LogP contribution in [0.3, 0.4) is 0 Å². The van der Waals surface area contributed by atoms with Gasteiger partial charge in [-0.05, 0) is 42.3 Å². The molecule has 1 aromatic heterocycles. The molecule has 0 aliphatic heterocycles. The third-order valence-corrected chi connectivity index (χ3v) is 6.26. The van der Waals surface area contributed by atoms with Crippen LogP contribution in [-0.2, 0) is 11.3 Å². The number of esters is 1. The van der Waals surface area contributed by atoms with E-state index in [1.165, 1.54) is 13.2 Å². The van der Waals surface area contributed by atoms with Gasteiger partial charge in [0.2, 0.25) is 0 Å². The molecule has 1 amide bonds. The molecule has 3 aromatic carbocycles. The molecule has 1 atom stereocenters. The highest BCUT2D eigenvalue weighted by molar-refractivity contribution is 6.31. The summed E-state index contributed by atoms with van der Waals surface area (Å²) in [5.74, 6) is -1.47. The first-order valence-electron chi connectivity index (χ1n) is 10.8. The number of para-hydroxylation sites is 1. The van der Waals surface area contributed by atoms with E-state index in [-0.39, 0.29) is 22.8 Å². The Labute approximate surface area is 206 Å². The number of benzene rings is 3. The normalized spacial score (nSPS) is 11.6. The lowest BCUT2D eigenvalue weighted by Gasteiger charge is -2.17. The quantitative estimate of drug-likeness (QED) is 0.356. The van der Waals surface area contributed by atoms with Crippen LogP contribution in [-0.4, -0.2) is 23.6 Å². The topological polar surface area (TPSA) is 84.1 Å². The van der Waals surface area contributed by atoms with Crippen LogP contribution in [0.25, 0.3) is 10.9 Å². The molecule has 8 heteroatoms. The average Bonchev–Trinajstić information content (AvgIpc) is 3.19. The van der Waals surface area contributed by atoms with Crippen molar-refractivity contribution < 1.29 is 18.7 Å². The number of nitrogens with one attached hydrogen (secondary N) is 1. The molecular formula is C27H21ClFN3O3. The number of carbonyl (C=O) groups excluding carboxylic acids is 2. The summed E-state index contributed by atoms with van der Waals surface area (Å²) < 4.78 is 20.5. The Morgan fingerprint density at radius 3 is 2.51 bits per heavy atom. The number of nitriles is 1. The predicted octanol–water partition coefficient (Wildman–Crippen LogP) is 5.63. The molecule has 0 aliphatic carbocycles. The van der Waals surface area contributed by atoms with Crippen molar-refractivity contribution in [3.63, 3.8) is 0 Å². The van der Waals surface area contributed by atoms with Crippen LogP contribution in [0.5, 0.6) is 0 Å². The Morgan fingerprint density at radius 1 is 1.11 bits per heavy atom. The predicted molar refractivity (Wildman–Crippen MR) is 131 cm³/mol. The van der Waals surface area contributed by atoms with E-state index in [2.05, 4.69) is 11.4 Å². The first-order chi connectivity index (χ1) is 16.8. The fourth-order valence-corrected chi connectivity index (χ4v) is 4.22. The summed E-state index contributed by atoms with van der Waals surface area (Å²) in [5, 5.41) is 13.4. The number of halogens is 2. The minimum Gasteiger partial charge on any atom is -0.465 e. The minimum absolute atomic E-state index is 0.0331. The Bertz CT molecular complexity index is 1470. The zero-order valence-electron chi connectivity index (χ0n) is 19.0. The summed E-state index contributed by atoms with van der Waals surface area (Å²) in [6, 6.07) is 20.1. The van der Waals surface area contributed by atoms with Crippen molar-refractivity contribution in [1.82, 2.24) is 9.88 Å². The van der Waals surface area contributed by atoms with Gasteiger partial charge in [0.1, 0.15) is 17.6 Å². The number of hydrogen-bond acceptors (Lipinski definition) is 4. The number of amides is 1. The number of nitrogens with zero attached hydrogens (tertiary/aromatic N) is 2. The first kappa shape index (κ1) is 24.0. The molecule has 0 fully saturated rings. The number of aromatic nitrogens is 1. The van der Waals surface area contributed by atoms with Gasteiger partial charge in [-0.15, -0.1) is 0 Å². The molecule has 0 saturated heterocycles. The van der Waals surface area contributed by atoms with Gasteiger partial charge in [0.05, 0.1) is 34.8 Å². The van der Waals surface area contributed by atoms with Crippen molar-refractivity contribution in [2.75, 3.05) is 7.11 Å². The maximum absolute atomic E-state index is 14.1. The highest BCUT2D eigenvalue weighted by Crippen LogP contribution is 2.29. The van der Waals surface area contributed by atoms with Crippen molar-refractivity contribution in [3.8, 4) is 6.07 Å². The maximum atomic E-state index is 14.1. The molecule has 0 bridgehead atoms. The smallest absolute Gasteiger partial charge is 0.337 e. The molecular weight excluding hydrogens is 469 g/mol. The van der Waals surface area contributed by atoms with E-state index < -0.39 is 23.7 Å². The Morgan fingerprint density at radius 2 is 1.83 bits per heavy atom. The first-order valence-corrected chi connectivity index (χ1v) is 11.2. The summed E-state index contributed by atoms with van der Waals surface area (Å²) >= 11 is 6.19. The maximum Gasteiger partial charge on any atom is 0.337 e. The molecule has 0 radical (unpaired) electrons. The van der Waals surface area contributed by atoms with E-state index in [9.17, 15) is 19.2 Å². The summed E-state index contributed by atoms with van der Waals surface area (Å²) in [4.78, 5) is 25.2. The van der Waals surface area contributed by atoms with Crippen LogP contribution in [0.4, 0.5) is 4.39 Å². The lowest BCUT2D eigenvalue weighted by atomic mass is 10.1. The molecule has 6 nitrogen and oxygen atoms in total. The lowest BCUT2D eigenvalue weighted by Crippen LogP contribution is -2.29. The van der Waals surface area contributed by atoms with Crippen LogP contribution in [0, 0.1) is 17.1 Å². The third-order valence-electron chi connectivity index (χ3n) is 5.84. The number of rotatable bonds is 6. The fourth-order valence-electron chi connectivity index (χ4n) is 4.03. The Balaban J connectivity index is 1.73. The molecule has 1 N–H and O–H groups in total. The summed E-state index contributed by atoms with van der Waals surface area (Å²) in [6.07, 6.45) is 0. The highest BCUT2D eigenvalue weighted by Gasteiger charge is 2.25. The van der Waals surface area contributed by atoms with Gasteiger partial charge >= 0.3 is 5.97 Å². The van der Waals surface area contributed by atoms with Crippen LogP contribution in [0.15, 0.2) is 66.7 Å². The fraction of sp³-hybridized carbons (Fsp3) is 0.148. The molecule has 0 spiro atoms. The SMILES string of the molecule is COC(=O)c1ccc(C(C)NC(=O)c2c(C#N)c3ccccc3n2Cc2cccc(F)c2Cl)cc1. The molecule has 4 rings (SSSR count). The Kier molecular flexibility index (Phi) is 6.85. The average molecular weight is 490 g/mol. The van der Waals surface area contributed by atoms with Crippen molar-refractivity contribution >= 4 is 34.4 Å². The van der Waals surface area contributed by atoms with Crippen LogP contribution in [0.1, 0.15) is 50.5 Å². The molecule has 1 heterocycles. The van der Waals surface area contributed by atoms with E-state index in [1.54, 1.807) is 72.2 Å². The van der Waals surface area contributed by atoms with Gasteiger partial charge in [0, 0.05) is 11.9 Å². The Hall–Kier alpha value is -4.15. The van der Waals surface area contributed by atoms with Crippen LogP contribution < -0.4 is 5.32 Å². The van der Waals surface area contributed by atoms with Crippen molar-refractivity contribution in [1.29, 1.82) is 5.26 Å². The van der Waals surface area contributed by atoms with Crippen molar-refractivity contribution in [2.24, 2.45) is 0 Å². The lowest BCUT2D eigenvalue weighted by molar-refractivity contribution is 0.0600. The summed E-state index contributed by atoms with van der Waals surface area (Å²) in [5.41, 5.74) is 2.68. The van der Waals surface area contributed by atoms with Gasteiger partial charge in [-0.25, -0.2) is 9.18 Å². The van der Waals surface area contributed by atoms with Gasteiger partial charge in [-0.2, -0.15) is 5.26 Å². The zero-order chi connectivity index (χ0) is 25.1. The minimum atomic E-state index is -0.559. The van der Waals surface area contributed by atoms with Crippen molar-refractivity contribution in [2.45, 2.75) is 19.5 Å². The van der Waals surface area contributed by atoms with Gasteiger partial charge in [-0.1, -0.05) is 54.1 Å². The van der Waals surface area contributed by atoms with E-state index in [0.717, 1.165) is 5.56 Å². The van der Waals surface area contributed by atoms with Gasteiger partial charge in [0.15, 0.2) is 0 Å². The second-order valence-corrected chi connectivity index (χ2v) is 8.34. The van der Waals surface area contributed by atoms with E-state index in [1.807, 2.05) is 0 Å². The molecule has 0 saturated carbocycles. The second-order valence-electron chi connectivity index (χ2n) is 7.96. The summed E-state index contributed by atoms with van der Waals surface area (Å²) in [6.45, 7) is 1.90. The van der Waals surface area contributed by atoms with E-state index in [4.69, 9.17) is 16.3 Å². The van der Waals surface area contributed by atoms with Gasteiger partial charge in [0.25, 0.3) is 5.91 Å². The third kappa shape index (κ3) is 4.61. The number of carbonyl (C=O) groups is 2. The number of fused-ring (bicyclic) bond motifs is 1. The van der Waals surface area contributed by atoms with Gasteiger partial charge in [-0.3, -0.25) is 4.79 Å². The molecule has 1 unspecified atom stereocenters. The molecule has 35 heavy (non-hydrogen) atoms. The standard InChI is InChI=1S/C27H21ClFN3O3/c1-16(17-10-12-18(13-11-17)27(34)35-2)31-26(33)25-21(14-30)20-7-3-4-9-23(20)32(25)15-19-6-5-8-22(29)24(19)28/h3-13,16H,15H2,1-2H3,(H,31,33). The zero-order valence-corrected chi connectivity index (χ0v) is 19.8. The van der Waals surface area contributed by atoms with E-state index >= 15 is 0 Å². The number of ether oxygens (including phenoxy) is 1. The van der Waals surface area contributed by atoms with Crippen molar-refractivity contribution in [3.05, 3.63) is 106 Å². The summed E-state index contributed by atoms with van der Waals surface area (Å²) in [7, 11) is 1.31.